The van der Waals surface area contributed by atoms with Crippen LogP contribution in [-0.2, 0) is 6.18 Å². The van der Waals surface area contributed by atoms with E-state index < -0.39 is 34.7 Å². The molecule has 0 aliphatic rings. The molecule has 21 heavy (non-hydrogen) atoms. The number of hydrogen-bond acceptors (Lipinski definition) is 3. The molecule has 4 nitrogen and oxygen atoms in total. The molecular weight excluding hydrogens is 287 g/mol. The minimum atomic E-state index is -4.65. The normalized spacial score (nSPS) is 11.2. The maximum Gasteiger partial charge on any atom is 0.417 e. The van der Waals surface area contributed by atoms with E-state index in [4.69, 9.17) is 5.11 Å². The Kier molecular flexibility index (Phi) is 3.75. The minimum Gasteiger partial charge on any atom is -0.504 e. The molecule has 2 aromatic carbocycles. The Morgan fingerprint density at radius 2 is 1.67 bits per heavy atom. The topological polar surface area (TPSA) is 69.6 Å². The van der Waals surface area contributed by atoms with Crippen molar-refractivity contribution >= 4 is 11.6 Å². The fraction of sp³-hybridized carbons (Fsp3) is 0.0714. The molecule has 0 aliphatic heterocycles. The van der Waals surface area contributed by atoms with Gasteiger partial charge in [0.25, 0.3) is 5.91 Å². The zero-order valence-corrected chi connectivity index (χ0v) is 10.5. The van der Waals surface area contributed by atoms with Gasteiger partial charge in [-0.2, -0.15) is 13.2 Å². The van der Waals surface area contributed by atoms with Crippen LogP contribution in [0.5, 0.6) is 11.5 Å². The number of carbonyl (C=O) groups excluding carboxylic acids is 1. The van der Waals surface area contributed by atoms with Crippen molar-refractivity contribution in [1.29, 1.82) is 0 Å². The highest BCUT2D eigenvalue weighted by Gasteiger charge is 2.34. The zero-order chi connectivity index (χ0) is 15.6. The zero-order valence-electron chi connectivity index (χ0n) is 10.5. The van der Waals surface area contributed by atoms with Gasteiger partial charge in [-0.15, -0.1) is 0 Å². The molecular formula is C14H10F3NO3. The Morgan fingerprint density at radius 1 is 1.00 bits per heavy atom. The lowest BCUT2D eigenvalue weighted by Gasteiger charge is -2.12. The highest BCUT2D eigenvalue weighted by atomic mass is 19.4. The summed E-state index contributed by atoms with van der Waals surface area (Å²) in [6.07, 6.45) is -4.65. The van der Waals surface area contributed by atoms with Crippen molar-refractivity contribution in [3.63, 3.8) is 0 Å². The van der Waals surface area contributed by atoms with Gasteiger partial charge in [-0.3, -0.25) is 4.79 Å². The lowest BCUT2D eigenvalue weighted by Crippen LogP contribution is -2.18. The molecule has 0 aromatic heterocycles. The van der Waals surface area contributed by atoms with Gasteiger partial charge >= 0.3 is 6.18 Å². The van der Waals surface area contributed by atoms with E-state index in [1.54, 1.807) is 0 Å². The van der Waals surface area contributed by atoms with Crippen molar-refractivity contribution in [3.8, 4) is 11.5 Å². The molecule has 1 amide bonds. The van der Waals surface area contributed by atoms with Gasteiger partial charge in [-0.1, -0.05) is 12.1 Å². The summed E-state index contributed by atoms with van der Waals surface area (Å²) in [7, 11) is 0. The summed E-state index contributed by atoms with van der Waals surface area (Å²) in [6.45, 7) is 0. The summed E-state index contributed by atoms with van der Waals surface area (Å²) >= 11 is 0. The molecule has 2 rings (SSSR count). The summed E-state index contributed by atoms with van der Waals surface area (Å²) in [4.78, 5) is 11.9. The Balaban J connectivity index is 2.31. The predicted molar refractivity (Wildman–Crippen MR) is 69.2 cm³/mol. The molecule has 0 aliphatic carbocycles. The Bertz CT molecular complexity index is 683. The number of anilines is 1. The van der Waals surface area contributed by atoms with Gasteiger partial charge in [0, 0.05) is 11.8 Å². The van der Waals surface area contributed by atoms with E-state index >= 15 is 0 Å². The van der Waals surface area contributed by atoms with E-state index in [0.717, 1.165) is 24.3 Å². The Labute approximate surface area is 117 Å². The third kappa shape index (κ3) is 3.25. The van der Waals surface area contributed by atoms with Crippen LogP contribution in [0.25, 0.3) is 0 Å². The molecule has 0 atom stereocenters. The number of carbonyl (C=O) groups is 1. The SMILES string of the molecule is O=C(Nc1ccc(O)c(O)c1)c1ccccc1C(F)(F)F. The number of aromatic hydroxyl groups is 2. The second kappa shape index (κ2) is 5.35. The third-order valence-electron chi connectivity index (χ3n) is 2.71. The lowest BCUT2D eigenvalue weighted by molar-refractivity contribution is -0.137. The van der Waals surface area contributed by atoms with Crippen molar-refractivity contribution in [2.24, 2.45) is 0 Å². The Morgan fingerprint density at radius 3 is 2.29 bits per heavy atom. The molecule has 0 saturated carbocycles. The van der Waals surface area contributed by atoms with E-state index in [-0.39, 0.29) is 5.69 Å². The van der Waals surface area contributed by atoms with Crippen molar-refractivity contribution in [2.45, 2.75) is 6.18 Å². The van der Waals surface area contributed by atoms with Crippen LogP contribution in [0.15, 0.2) is 42.5 Å². The van der Waals surface area contributed by atoms with Crippen LogP contribution < -0.4 is 5.32 Å². The number of benzene rings is 2. The van der Waals surface area contributed by atoms with Crippen LogP contribution in [0, 0.1) is 0 Å². The van der Waals surface area contributed by atoms with Gasteiger partial charge in [-0.05, 0) is 24.3 Å². The largest absolute Gasteiger partial charge is 0.504 e. The molecule has 0 unspecified atom stereocenters. The van der Waals surface area contributed by atoms with Crippen LogP contribution in [0.3, 0.4) is 0 Å². The molecule has 0 bridgehead atoms. The van der Waals surface area contributed by atoms with Crippen molar-refractivity contribution in [3.05, 3.63) is 53.6 Å². The first-order valence-electron chi connectivity index (χ1n) is 5.78. The highest BCUT2D eigenvalue weighted by molar-refractivity contribution is 6.05. The highest BCUT2D eigenvalue weighted by Crippen LogP contribution is 2.32. The second-order valence-corrected chi connectivity index (χ2v) is 4.20. The molecule has 0 spiro atoms. The van der Waals surface area contributed by atoms with E-state index in [1.807, 2.05) is 0 Å². The number of phenolic OH excluding ortho intramolecular Hbond substituents is 2. The smallest absolute Gasteiger partial charge is 0.417 e. The third-order valence-corrected chi connectivity index (χ3v) is 2.71. The predicted octanol–water partition coefficient (Wildman–Crippen LogP) is 3.37. The van der Waals surface area contributed by atoms with Gasteiger partial charge < -0.3 is 15.5 Å². The van der Waals surface area contributed by atoms with Crippen LogP contribution in [0.4, 0.5) is 18.9 Å². The summed E-state index contributed by atoms with van der Waals surface area (Å²) in [5.74, 6) is -1.85. The maximum absolute atomic E-state index is 12.8. The van der Waals surface area contributed by atoms with Crippen molar-refractivity contribution < 1.29 is 28.2 Å². The van der Waals surface area contributed by atoms with Crippen molar-refractivity contribution in [1.82, 2.24) is 0 Å². The number of alkyl halides is 3. The lowest BCUT2D eigenvalue weighted by atomic mass is 10.1. The number of hydrogen-bond donors (Lipinski definition) is 3. The van der Waals surface area contributed by atoms with Gasteiger partial charge in [0.05, 0.1) is 11.1 Å². The fourth-order valence-electron chi connectivity index (χ4n) is 1.73. The summed E-state index contributed by atoms with van der Waals surface area (Å²) in [5.41, 5.74) is -1.52. The fourth-order valence-corrected chi connectivity index (χ4v) is 1.73. The molecule has 0 radical (unpaired) electrons. The summed E-state index contributed by atoms with van der Waals surface area (Å²) in [5, 5.41) is 20.6. The van der Waals surface area contributed by atoms with Crippen LogP contribution in [0.1, 0.15) is 15.9 Å². The number of amides is 1. The summed E-state index contributed by atoms with van der Waals surface area (Å²) < 4.78 is 38.4. The monoisotopic (exact) mass is 297 g/mol. The standard InChI is InChI=1S/C14H10F3NO3/c15-14(16,17)10-4-2-1-3-9(10)13(21)18-8-5-6-11(19)12(20)7-8/h1-7,19-20H,(H,18,21). The van der Waals surface area contributed by atoms with E-state index in [1.165, 1.54) is 18.2 Å². The quantitative estimate of drug-likeness (QED) is 0.588. The van der Waals surface area contributed by atoms with Gasteiger partial charge in [-0.25, -0.2) is 0 Å². The summed E-state index contributed by atoms with van der Waals surface area (Å²) in [6, 6.07) is 7.76. The number of halogens is 3. The average molecular weight is 297 g/mol. The van der Waals surface area contributed by atoms with E-state index in [2.05, 4.69) is 5.32 Å². The Hall–Kier alpha value is -2.70. The van der Waals surface area contributed by atoms with Gasteiger partial charge in [0.15, 0.2) is 11.5 Å². The minimum absolute atomic E-state index is 0.0623. The maximum atomic E-state index is 12.8. The van der Waals surface area contributed by atoms with Crippen LogP contribution >= 0.6 is 0 Å². The second-order valence-electron chi connectivity index (χ2n) is 4.20. The van der Waals surface area contributed by atoms with Gasteiger partial charge in [0.2, 0.25) is 0 Å². The molecule has 7 heteroatoms. The van der Waals surface area contributed by atoms with Crippen molar-refractivity contribution in [2.75, 3.05) is 5.32 Å². The number of phenols is 2. The number of nitrogens with one attached hydrogen (secondary N) is 1. The van der Waals surface area contributed by atoms with E-state index in [0.29, 0.717) is 0 Å². The molecule has 0 heterocycles. The van der Waals surface area contributed by atoms with Crippen LogP contribution in [0.2, 0.25) is 0 Å². The first-order valence-corrected chi connectivity index (χ1v) is 5.78. The molecule has 110 valence electrons. The van der Waals surface area contributed by atoms with Crippen LogP contribution in [-0.4, -0.2) is 16.1 Å². The average Bonchev–Trinajstić information content (AvgIpc) is 2.42. The molecule has 2 aromatic rings. The number of rotatable bonds is 2. The first-order chi connectivity index (χ1) is 9.79. The van der Waals surface area contributed by atoms with Gasteiger partial charge in [0.1, 0.15) is 0 Å². The molecule has 3 N–H and O–H groups in total. The first kappa shape index (κ1) is 14.7. The van der Waals surface area contributed by atoms with E-state index in [9.17, 15) is 23.1 Å². The molecule has 0 saturated heterocycles. The molecule has 0 fully saturated rings.